The molecule has 0 aromatic rings. The third kappa shape index (κ3) is 8.15. The van der Waals surface area contributed by atoms with E-state index in [0.717, 1.165) is 19.6 Å². The van der Waals surface area contributed by atoms with E-state index in [1.807, 2.05) is 6.92 Å². The lowest BCUT2D eigenvalue weighted by Crippen LogP contribution is -2.39. The van der Waals surface area contributed by atoms with Gasteiger partial charge in [-0.2, -0.15) is 0 Å². The molecule has 4 nitrogen and oxygen atoms in total. The smallest absolute Gasteiger partial charge is 0.188 e. The summed E-state index contributed by atoms with van der Waals surface area (Å²) in [4.78, 5) is 6.67. The van der Waals surface area contributed by atoms with Gasteiger partial charge in [0, 0.05) is 25.2 Å². The molecule has 0 aliphatic carbocycles. The zero-order valence-corrected chi connectivity index (χ0v) is 13.5. The molecule has 5 heteroatoms. The first-order valence-corrected chi connectivity index (χ1v) is 5.78. The van der Waals surface area contributed by atoms with Gasteiger partial charge >= 0.3 is 0 Å². The highest BCUT2D eigenvalue weighted by atomic mass is 127. The van der Waals surface area contributed by atoms with Gasteiger partial charge in [-0.3, -0.25) is 9.89 Å². The fourth-order valence-corrected chi connectivity index (χ4v) is 1.64. The van der Waals surface area contributed by atoms with Gasteiger partial charge in [0.05, 0.1) is 6.54 Å². The van der Waals surface area contributed by atoms with E-state index in [1.165, 1.54) is 0 Å². The Kier molecular flexibility index (Phi) is 11.6. The van der Waals surface area contributed by atoms with Crippen molar-refractivity contribution in [2.45, 2.75) is 46.7 Å². The Labute approximate surface area is 117 Å². The van der Waals surface area contributed by atoms with E-state index in [-0.39, 0.29) is 24.0 Å². The molecule has 3 N–H and O–H groups in total. The van der Waals surface area contributed by atoms with Crippen LogP contribution in [-0.4, -0.2) is 42.6 Å². The van der Waals surface area contributed by atoms with E-state index >= 15 is 0 Å². The molecule has 0 spiro atoms. The third-order valence-electron chi connectivity index (χ3n) is 2.32. The van der Waals surface area contributed by atoms with Crippen LogP contribution in [-0.2, 0) is 0 Å². The molecule has 0 rings (SSSR count). The standard InChI is InChI=1S/C11H26N4.HI/c1-6-13-11(12)14-7-8-15(9(2)3)10(4)5;/h9-10H,6-8H2,1-5H3,(H3,12,13,14);1H. The monoisotopic (exact) mass is 342 g/mol. The number of halogens is 1. The van der Waals surface area contributed by atoms with Crippen LogP contribution in [0.15, 0.2) is 4.99 Å². The van der Waals surface area contributed by atoms with Gasteiger partial charge in [0.1, 0.15) is 0 Å². The Morgan fingerprint density at radius 1 is 1.25 bits per heavy atom. The van der Waals surface area contributed by atoms with E-state index in [2.05, 4.69) is 42.9 Å². The van der Waals surface area contributed by atoms with E-state index in [4.69, 9.17) is 5.73 Å². The minimum absolute atomic E-state index is 0. The molecule has 98 valence electrons. The normalized spacial score (nSPS) is 12.1. The lowest BCUT2D eigenvalue weighted by Gasteiger charge is -2.29. The number of hydrogen-bond acceptors (Lipinski definition) is 2. The lowest BCUT2D eigenvalue weighted by atomic mass is 10.2. The molecule has 0 saturated carbocycles. The SMILES string of the molecule is CCNC(N)=NCCN(C(C)C)C(C)C.I. The van der Waals surface area contributed by atoms with Gasteiger partial charge in [0.15, 0.2) is 5.96 Å². The Balaban J connectivity index is 0. The Bertz CT molecular complexity index is 184. The number of nitrogens with two attached hydrogens (primary N) is 1. The van der Waals surface area contributed by atoms with Gasteiger partial charge in [0.2, 0.25) is 0 Å². The first-order chi connectivity index (χ1) is 6.99. The van der Waals surface area contributed by atoms with E-state index < -0.39 is 0 Å². The average molecular weight is 342 g/mol. The highest BCUT2D eigenvalue weighted by Crippen LogP contribution is 2.03. The predicted molar refractivity (Wildman–Crippen MR) is 82.6 cm³/mol. The Morgan fingerprint density at radius 2 is 1.75 bits per heavy atom. The molecule has 0 aliphatic rings. The molecule has 0 aliphatic heterocycles. The number of guanidine groups is 1. The zero-order valence-electron chi connectivity index (χ0n) is 11.2. The summed E-state index contributed by atoms with van der Waals surface area (Å²) < 4.78 is 0. The number of nitrogens with zero attached hydrogens (tertiary/aromatic N) is 2. The molecular weight excluding hydrogens is 315 g/mol. The molecule has 0 heterocycles. The molecule has 0 amide bonds. The predicted octanol–water partition coefficient (Wildman–Crippen LogP) is 1.65. The second-order valence-corrected chi connectivity index (χ2v) is 4.22. The van der Waals surface area contributed by atoms with E-state index in [0.29, 0.717) is 18.0 Å². The number of aliphatic imine (C=N–C) groups is 1. The quantitative estimate of drug-likeness (QED) is 0.438. The zero-order chi connectivity index (χ0) is 11.8. The van der Waals surface area contributed by atoms with Crippen molar-refractivity contribution in [3.63, 3.8) is 0 Å². The second-order valence-electron chi connectivity index (χ2n) is 4.22. The molecule has 0 radical (unpaired) electrons. The maximum atomic E-state index is 5.64. The summed E-state index contributed by atoms with van der Waals surface area (Å²) >= 11 is 0. The van der Waals surface area contributed by atoms with Crippen molar-refractivity contribution in [3.05, 3.63) is 0 Å². The molecule has 0 aromatic carbocycles. The van der Waals surface area contributed by atoms with Gasteiger partial charge in [-0.25, -0.2) is 0 Å². The van der Waals surface area contributed by atoms with Gasteiger partial charge in [-0.05, 0) is 34.6 Å². The first-order valence-electron chi connectivity index (χ1n) is 5.78. The Hall–Kier alpha value is -0.0400. The van der Waals surface area contributed by atoms with Crippen LogP contribution >= 0.6 is 24.0 Å². The minimum Gasteiger partial charge on any atom is -0.370 e. The number of nitrogens with one attached hydrogen (secondary N) is 1. The van der Waals surface area contributed by atoms with Crippen LogP contribution in [0, 0.1) is 0 Å². The highest BCUT2D eigenvalue weighted by molar-refractivity contribution is 14.0. The second kappa shape index (κ2) is 10.1. The summed E-state index contributed by atoms with van der Waals surface area (Å²) in [5.74, 6) is 0.546. The average Bonchev–Trinajstić information content (AvgIpc) is 2.11. The number of rotatable bonds is 6. The molecule has 0 bridgehead atoms. The van der Waals surface area contributed by atoms with Crippen LogP contribution in [0.4, 0.5) is 0 Å². The van der Waals surface area contributed by atoms with Crippen LogP contribution in [0.1, 0.15) is 34.6 Å². The van der Waals surface area contributed by atoms with Crippen molar-refractivity contribution in [3.8, 4) is 0 Å². The summed E-state index contributed by atoms with van der Waals surface area (Å²) in [7, 11) is 0. The Morgan fingerprint density at radius 3 is 2.12 bits per heavy atom. The van der Waals surface area contributed by atoms with Gasteiger partial charge in [-0.15, -0.1) is 24.0 Å². The van der Waals surface area contributed by atoms with Gasteiger partial charge in [0.25, 0.3) is 0 Å². The van der Waals surface area contributed by atoms with Crippen molar-refractivity contribution >= 4 is 29.9 Å². The summed E-state index contributed by atoms with van der Waals surface area (Å²) in [5, 5.41) is 2.99. The fraction of sp³-hybridized carbons (Fsp3) is 0.909. The van der Waals surface area contributed by atoms with Crippen molar-refractivity contribution in [2.24, 2.45) is 10.7 Å². The molecular formula is C11H27IN4. The van der Waals surface area contributed by atoms with Crippen LogP contribution < -0.4 is 11.1 Å². The lowest BCUT2D eigenvalue weighted by molar-refractivity contribution is 0.181. The van der Waals surface area contributed by atoms with Gasteiger partial charge < -0.3 is 11.1 Å². The maximum Gasteiger partial charge on any atom is 0.188 e. The first kappa shape index (κ1) is 18.3. The van der Waals surface area contributed by atoms with Crippen molar-refractivity contribution < 1.29 is 0 Å². The van der Waals surface area contributed by atoms with Crippen molar-refractivity contribution in [1.82, 2.24) is 10.2 Å². The van der Waals surface area contributed by atoms with Crippen LogP contribution in [0.25, 0.3) is 0 Å². The fourth-order valence-electron chi connectivity index (χ4n) is 1.64. The molecule has 0 unspecified atom stereocenters. The molecule has 0 saturated heterocycles. The summed E-state index contributed by atoms with van der Waals surface area (Å²) in [6, 6.07) is 1.11. The number of hydrogen-bond donors (Lipinski definition) is 2. The minimum atomic E-state index is 0. The van der Waals surface area contributed by atoms with E-state index in [1.54, 1.807) is 0 Å². The summed E-state index contributed by atoms with van der Waals surface area (Å²) in [6.07, 6.45) is 0. The molecule has 0 aromatic heterocycles. The summed E-state index contributed by atoms with van der Waals surface area (Å²) in [5.41, 5.74) is 5.64. The topological polar surface area (TPSA) is 53.6 Å². The highest BCUT2D eigenvalue weighted by Gasteiger charge is 2.11. The molecule has 0 atom stereocenters. The van der Waals surface area contributed by atoms with Crippen molar-refractivity contribution in [1.29, 1.82) is 0 Å². The van der Waals surface area contributed by atoms with E-state index in [9.17, 15) is 0 Å². The van der Waals surface area contributed by atoms with Gasteiger partial charge in [-0.1, -0.05) is 0 Å². The van der Waals surface area contributed by atoms with Crippen LogP contribution in [0.3, 0.4) is 0 Å². The molecule has 16 heavy (non-hydrogen) atoms. The summed E-state index contributed by atoms with van der Waals surface area (Å²) in [6.45, 7) is 13.4. The third-order valence-corrected chi connectivity index (χ3v) is 2.32. The van der Waals surface area contributed by atoms with Crippen LogP contribution in [0.5, 0.6) is 0 Å². The molecule has 0 fully saturated rings. The largest absolute Gasteiger partial charge is 0.370 e. The van der Waals surface area contributed by atoms with Crippen molar-refractivity contribution in [2.75, 3.05) is 19.6 Å². The maximum absolute atomic E-state index is 5.64. The van der Waals surface area contributed by atoms with Crippen LogP contribution in [0.2, 0.25) is 0 Å².